The van der Waals surface area contributed by atoms with Crippen molar-refractivity contribution in [2.75, 3.05) is 26.3 Å². The maximum Gasteiger partial charge on any atom is 0.285 e. The fourth-order valence-electron chi connectivity index (χ4n) is 1.34. The Balaban J connectivity index is 0.000000225. The molecule has 1 saturated heterocycles. The molecule has 1 aromatic heterocycles. The van der Waals surface area contributed by atoms with Crippen LogP contribution in [-0.2, 0) is 4.74 Å². The molecule has 2 heterocycles. The van der Waals surface area contributed by atoms with Crippen LogP contribution in [0.15, 0.2) is 9.82 Å². The molecule has 1 aliphatic heterocycles. The number of nitrogens with zero attached hydrogens (tertiary/aromatic N) is 1. The summed E-state index contributed by atoms with van der Waals surface area (Å²) < 4.78 is 17.8. The second-order valence-corrected chi connectivity index (χ2v) is 4.04. The van der Waals surface area contributed by atoms with Gasteiger partial charge in [0.25, 0.3) is 5.56 Å². The summed E-state index contributed by atoms with van der Waals surface area (Å²) in [4.78, 5) is 12.8. The van der Waals surface area contributed by atoms with Gasteiger partial charge in [-0.3, -0.25) is 4.79 Å². The second kappa shape index (κ2) is 7.16. The van der Waals surface area contributed by atoms with Gasteiger partial charge in [-0.2, -0.15) is 5.26 Å². The Morgan fingerprint density at radius 1 is 1.44 bits per heavy atom. The molecule has 2 rings (SSSR count). The smallest absolute Gasteiger partial charge is 0.285 e. The van der Waals surface area contributed by atoms with Crippen molar-refractivity contribution in [1.29, 1.82) is 5.26 Å². The molecule has 2 N–H and O–H groups in total. The molecule has 7 heteroatoms. The summed E-state index contributed by atoms with van der Waals surface area (Å²) >= 11 is 3.82. The van der Waals surface area contributed by atoms with Crippen molar-refractivity contribution in [3.63, 3.8) is 0 Å². The molecule has 0 aromatic carbocycles. The first kappa shape index (κ1) is 14.7. The summed E-state index contributed by atoms with van der Waals surface area (Å²) in [5.41, 5.74) is -0.752. The normalized spacial score (nSPS) is 14.3. The Bertz CT molecular complexity index is 495. The molecule has 5 nitrogen and oxygen atoms in total. The van der Waals surface area contributed by atoms with Crippen molar-refractivity contribution in [3.8, 4) is 6.07 Å². The average Bonchev–Trinajstić information content (AvgIpc) is 2.39. The van der Waals surface area contributed by atoms with Crippen molar-refractivity contribution in [1.82, 2.24) is 10.3 Å². The van der Waals surface area contributed by atoms with Crippen molar-refractivity contribution >= 4 is 12.6 Å². The minimum absolute atomic E-state index is 0.0336. The van der Waals surface area contributed by atoms with E-state index in [1.165, 1.54) is 6.92 Å². The topological polar surface area (TPSA) is 77.9 Å². The van der Waals surface area contributed by atoms with Crippen LogP contribution in [0.2, 0.25) is 0 Å². The molecule has 1 aromatic rings. The summed E-state index contributed by atoms with van der Waals surface area (Å²) in [7, 11) is 0. The molecular formula is C11H14FN3O2S. The quantitative estimate of drug-likeness (QED) is 0.603. The number of hydrogen-bond acceptors (Lipinski definition) is 5. The van der Waals surface area contributed by atoms with Crippen LogP contribution in [0.1, 0.15) is 11.1 Å². The molecule has 0 spiro atoms. The number of H-pyrrole nitrogens is 1. The van der Waals surface area contributed by atoms with Crippen molar-refractivity contribution < 1.29 is 9.13 Å². The van der Waals surface area contributed by atoms with Crippen LogP contribution >= 0.6 is 12.6 Å². The highest BCUT2D eigenvalue weighted by Crippen LogP contribution is 2.13. The number of nitriles is 1. The zero-order valence-electron chi connectivity index (χ0n) is 9.92. The molecule has 1 fully saturated rings. The third-order valence-electron chi connectivity index (χ3n) is 2.33. The zero-order valence-corrected chi connectivity index (χ0v) is 10.8. The van der Waals surface area contributed by atoms with E-state index in [1.54, 1.807) is 6.07 Å². The fourth-order valence-corrected chi connectivity index (χ4v) is 1.65. The van der Waals surface area contributed by atoms with Gasteiger partial charge in [0.2, 0.25) is 0 Å². The van der Waals surface area contributed by atoms with Gasteiger partial charge in [-0.05, 0) is 6.92 Å². The first-order valence-electron chi connectivity index (χ1n) is 5.37. The molecule has 18 heavy (non-hydrogen) atoms. The minimum atomic E-state index is -0.927. The Kier molecular flexibility index (Phi) is 5.85. The molecule has 0 bridgehead atoms. The highest BCUT2D eigenvalue weighted by atomic mass is 32.1. The fraction of sp³-hybridized carbons (Fsp3) is 0.455. The van der Waals surface area contributed by atoms with Gasteiger partial charge < -0.3 is 15.0 Å². The Morgan fingerprint density at radius 3 is 2.44 bits per heavy atom. The largest absolute Gasteiger partial charge is 0.379 e. The zero-order chi connectivity index (χ0) is 13.5. The first-order chi connectivity index (χ1) is 8.57. The third-order valence-corrected chi connectivity index (χ3v) is 2.67. The lowest BCUT2D eigenvalue weighted by Gasteiger charge is -2.10. The lowest BCUT2D eigenvalue weighted by Crippen LogP contribution is -2.30. The van der Waals surface area contributed by atoms with E-state index in [2.05, 4.69) is 22.9 Å². The monoisotopic (exact) mass is 271 g/mol. The molecule has 0 saturated carbocycles. The predicted molar refractivity (Wildman–Crippen MR) is 67.4 cm³/mol. The van der Waals surface area contributed by atoms with Crippen LogP contribution in [0.25, 0.3) is 0 Å². The highest BCUT2D eigenvalue weighted by Gasteiger charge is 2.11. The van der Waals surface area contributed by atoms with Crippen LogP contribution < -0.4 is 10.9 Å². The van der Waals surface area contributed by atoms with Gasteiger partial charge in [0.1, 0.15) is 6.07 Å². The van der Waals surface area contributed by atoms with Gasteiger partial charge in [0.15, 0.2) is 5.82 Å². The van der Waals surface area contributed by atoms with Crippen LogP contribution in [0.5, 0.6) is 0 Å². The Morgan fingerprint density at radius 2 is 2.06 bits per heavy atom. The number of ether oxygens (including phenoxy) is 1. The van der Waals surface area contributed by atoms with Crippen LogP contribution in [0.4, 0.5) is 4.39 Å². The summed E-state index contributed by atoms with van der Waals surface area (Å²) in [5, 5.41) is 11.8. The number of nitrogens with one attached hydrogen (secondary N) is 2. The Labute approximate surface area is 109 Å². The van der Waals surface area contributed by atoms with Gasteiger partial charge >= 0.3 is 0 Å². The van der Waals surface area contributed by atoms with E-state index < -0.39 is 11.4 Å². The average molecular weight is 271 g/mol. The van der Waals surface area contributed by atoms with E-state index in [4.69, 9.17) is 10.00 Å². The summed E-state index contributed by atoms with van der Waals surface area (Å²) in [5.74, 6) is -0.927. The van der Waals surface area contributed by atoms with Gasteiger partial charge in [0, 0.05) is 18.7 Å². The van der Waals surface area contributed by atoms with E-state index in [0.717, 1.165) is 26.3 Å². The molecule has 1 aliphatic rings. The Hall–Kier alpha value is -1.36. The molecule has 0 unspecified atom stereocenters. The molecule has 98 valence electrons. The SMILES string of the molecule is C1COCCN1.Cc1c(C#N)c(S)[nH]c(=O)c1F. The van der Waals surface area contributed by atoms with Gasteiger partial charge in [-0.25, -0.2) is 4.39 Å². The van der Waals surface area contributed by atoms with Gasteiger partial charge in [-0.15, -0.1) is 12.6 Å². The number of aromatic nitrogens is 1. The standard InChI is InChI=1S/C7H5FN2OS.C4H9NO/c1-3-4(2-9)7(12)10-6(11)5(3)8;1-3-6-4-2-5-1/h1H3,(H2,10,11,12);5H,1-4H2. The predicted octanol–water partition coefficient (Wildman–Crippen LogP) is 0.589. The molecule has 0 atom stereocenters. The first-order valence-corrected chi connectivity index (χ1v) is 5.82. The van der Waals surface area contributed by atoms with E-state index in [-0.39, 0.29) is 16.2 Å². The number of morpholine rings is 1. The second-order valence-electron chi connectivity index (χ2n) is 3.59. The number of halogens is 1. The number of hydrogen-bond donors (Lipinski definition) is 3. The van der Waals surface area contributed by atoms with Crippen LogP contribution in [0, 0.1) is 24.1 Å². The van der Waals surface area contributed by atoms with E-state index in [9.17, 15) is 9.18 Å². The van der Waals surface area contributed by atoms with Gasteiger partial charge in [0.05, 0.1) is 23.8 Å². The molecule has 0 amide bonds. The molecule has 0 aliphatic carbocycles. The number of thiol groups is 1. The number of pyridine rings is 1. The highest BCUT2D eigenvalue weighted by molar-refractivity contribution is 7.80. The van der Waals surface area contributed by atoms with Crippen LogP contribution in [-0.4, -0.2) is 31.3 Å². The van der Waals surface area contributed by atoms with E-state index >= 15 is 0 Å². The number of aromatic amines is 1. The summed E-state index contributed by atoms with van der Waals surface area (Å²) in [6.45, 7) is 5.20. The lowest BCUT2D eigenvalue weighted by atomic mass is 10.2. The molecular weight excluding hydrogens is 257 g/mol. The van der Waals surface area contributed by atoms with Crippen molar-refractivity contribution in [3.05, 3.63) is 27.3 Å². The summed E-state index contributed by atoms with van der Waals surface area (Å²) in [6.07, 6.45) is 0. The maximum atomic E-state index is 12.8. The minimum Gasteiger partial charge on any atom is -0.379 e. The maximum absolute atomic E-state index is 12.8. The number of rotatable bonds is 0. The van der Waals surface area contributed by atoms with Crippen molar-refractivity contribution in [2.45, 2.75) is 11.9 Å². The van der Waals surface area contributed by atoms with Gasteiger partial charge in [-0.1, -0.05) is 0 Å². The molecule has 0 radical (unpaired) electrons. The van der Waals surface area contributed by atoms with Crippen LogP contribution in [0.3, 0.4) is 0 Å². The van der Waals surface area contributed by atoms with Crippen molar-refractivity contribution in [2.24, 2.45) is 0 Å². The van der Waals surface area contributed by atoms with E-state index in [0.29, 0.717) is 0 Å². The lowest BCUT2D eigenvalue weighted by molar-refractivity contribution is 0.109. The third kappa shape index (κ3) is 3.84. The van der Waals surface area contributed by atoms with E-state index in [1.807, 2.05) is 0 Å². The summed E-state index contributed by atoms with van der Waals surface area (Å²) in [6, 6.07) is 1.75.